The second kappa shape index (κ2) is 5.81. The van der Waals surface area contributed by atoms with Gasteiger partial charge in [-0.25, -0.2) is 4.90 Å². The second-order valence-corrected chi connectivity index (χ2v) is 5.75. The number of halogens is 1. The molecule has 1 fully saturated rings. The molecule has 0 bridgehead atoms. The first-order valence-electron chi connectivity index (χ1n) is 7.00. The van der Waals surface area contributed by atoms with Crippen LogP contribution in [0.25, 0.3) is 0 Å². The highest BCUT2D eigenvalue weighted by atomic mass is 35.5. The highest BCUT2D eigenvalue weighted by Gasteiger charge is 2.39. The average Bonchev–Trinajstić information content (AvgIpc) is 2.75. The number of benzene rings is 2. The molecule has 0 saturated carbocycles. The van der Waals surface area contributed by atoms with Gasteiger partial charge in [-0.2, -0.15) is 0 Å². The molecule has 2 aromatic rings. The largest absolute Gasteiger partial charge is 0.373 e. The van der Waals surface area contributed by atoms with Crippen molar-refractivity contribution in [3.63, 3.8) is 0 Å². The first kappa shape index (κ1) is 14.6. The van der Waals surface area contributed by atoms with Crippen molar-refractivity contribution in [1.29, 1.82) is 0 Å². The molecule has 1 aliphatic rings. The predicted molar refractivity (Wildman–Crippen MR) is 87.2 cm³/mol. The summed E-state index contributed by atoms with van der Waals surface area (Å²) < 4.78 is 0. The minimum absolute atomic E-state index is 0.138. The maximum absolute atomic E-state index is 12.5. The number of amides is 2. The molecule has 1 aliphatic heterocycles. The van der Waals surface area contributed by atoms with Gasteiger partial charge in [0, 0.05) is 10.7 Å². The highest BCUT2D eigenvalue weighted by molar-refractivity contribution is 6.30. The highest BCUT2D eigenvalue weighted by Crippen LogP contribution is 2.26. The number of rotatable bonds is 3. The second-order valence-electron chi connectivity index (χ2n) is 5.31. The maximum Gasteiger partial charge on any atom is 0.256 e. The molecular weight excluding hydrogens is 300 g/mol. The molecule has 1 saturated heterocycles. The Bertz CT molecular complexity index is 728. The van der Waals surface area contributed by atoms with Crippen LogP contribution in [-0.2, 0) is 9.59 Å². The van der Waals surface area contributed by atoms with Crippen molar-refractivity contribution in [2.45, 2.75) is 19.4 Å². The standard InChI is InChI=1S/C17H15ClN2O2/c1-11-5-7-14(8-6-11)20-16(21)10-15(17(20)22)19-13-4-2-3-12(18)9-13/h2-9,15,19H,10H2,1H3/t15-/m1/s1. The summed E-state index contributed by atoms with van der Waals surface area (Å²) in [6, 6.07) is 13.9. The molecule has 22 heavy (non-hydrogen) atoms. The van der Waals surface area contributed by atoms with Crippen LogP contribution < -0.4 is 10.2 Å². The topological polar surface area (TPSA) is 49.4 Å². The molecule has 0 aliphatic carbocycles. The molecule has 2 aromatic carbocycles. The van der Waals surface area contributed by atoms with Gasteiger partial charge in [0.15, 0.2) is 0 Å². The fourth-order valence-electron chi connectivity index (χ4n) is 2.49. The number of hydrogen-bond donors (Lipinski definition) is 1. The molecule has 0 radical (unpaired) electrons. The van der Waals surface area contributed by atoms with Crippen LogP contribution in [0.3, 0.4) is 0 Å². The van der Waals surface area contributed by atoms with Crippen molar-refractivity contribution in [2.24, 2.45) is 0 Å². The van der Waals surface area contributed by atoms with E-state index in [2.05, 4.69) is 5.32 Å². The van der Waals surface area contributed by atoms with Crippen molar-refractivity contribution < 1.29 is 9.59 Å². The Morgan fingerprint density at radius 3 is 2.55 bits per heavy atom. The Morgan fingerprint density at radius 2 is 1.86 bits per heavy atom. The van der Waals surface area contributed by atoms with E-state index in [-0.39, 0.29) is 18.2 Å². The summed E-state index contributed by atoms with van der Waals surface area (Å²) in [6.45, 7) is 1.96. The Labute approximate surface area is 133 Å². The quantitative estimate of drug-likeness (QED) is 0.883. The van der Waals surface area contributed by atoms with Gasteiger partial charge in [0.1, 0.15) is 6.04 Å². The molecule has 5 heteroatoms. The minimum Gasteiger partial charge on any atom is -0.373 e. The lowest BCUT2D eigenvalue weighted by Gasteiger charge is -2.16. The van der Waals surface area contributed by atoms with Crippen LogP contribution in [0, 0.1) is 6.92 Å². The molecule has 0 unspecified atom stereocenters. The zero-order valence-corrected chi connectivity index (χ0v) is 12.8. The van der Waals surface area contributed by atoms with Gasteiger partial charge in [0.2, 0.25) is 5.91 Å². The van der Waals surface area contributed by atoms with Gasteiger partial charge in [-0.1, -0.05) is 35.4 Å². The summed E-state index contributed by atoms with van der Waals surface area (Å²) in [5.74, 6) is -0.442. The van der Waals surface area contributed by atoms with E-state index in [1.807, 2.05) is 25.1 Å². The van der Waals surface area contributed by atoms with E-state index in [9.17, 15) is 9.59 Å². The maximum atomic E-state index is 12.5. The van der Waals surface area contributed by atoms with Crippen LogP contribution >= 0.6 is 11.6 Å². The summed E-state index contributed by atoms with van der Waals surface area (Å²) in [7, 11) is 0. The van der Waals surface area contributed by atoms with Crippen LogP contribution in [0.2, 0.25) is 5.02 Å². The van der Waals surface area contributed by atoms with Crippen LogP contribution in [0.5, 0.6) is 0 Å². The van der Waals surface area contributed by atoms with E-state index in [0.29, 0.717) is 10.7 Å². The SMILES string of the molecule is Cc1ccc(N2C(=O)C[C@@H](Nc3cccc(Cl)c3)C2=O)cc1. The molecule has 1 atom stereocenters. The monoisotopic (exact) mass is 314 g/mol. The lowest BCUT2D eigenvalue weighted by atomic mass is 10.2. The number of nitrogens with one attached hydrogen (secondary N) is 1. The van der Waals surface area contributed by atoms with Crippen molar-refractivity contribution in [3.05, 3.63) is 59.1 Å². The number of anilines is 2. The lowest BCUT2D eigenvalue weighted by molar-refractivity contribution is -0.121. The molecule has 1 heterocycles. The number of aryl methyl sites for hydroxylation is 1. The van der Waals surface area contributed by atoms with Crippen LogP contribution in [0.4, 0.5) is 11.4 Å². The molecule has 1 N–H and O–H groups in total. The van der Waals surface area contributed by atoms with E-state index < -0.39 is 6.04 Å². The fraction of sp³-hybridized carbons (Fsp3) is 0.176. The van der Waals surface area contributed by atoms with E-state index in [1.54, 1.807) is 30.3 Å². The Balaban J connectivity index is 1.81. The van der Waals surface area contributed by atoms with Crippen molar-refractivity contribution >= 4 is 34.8 Å². The van der Waals surface area contributed by atoms with Gasteiger partial charge in [-0.3, -0.25) is 9.59 Å². The Kier molecular flexibility index (Phi) is 3.86. The summed E-state index contributed by atoms with van der Waals surface area (Å²) >= 11 is 5.93. The van der Waals surface area contributed by atoms with Crippen LogP contribution in [-0.4, -0.2) is 17.9 Å². The summed E-state index contributed by atoms with van der Waals surface area (Å²) in [4.78, 5) is 25.9. The first-order chi connectivity index (χ1) is 10.5. The van der Waals surface area contributed by atoms with Gasteiger partial charge in [-0.15, -0.1) is 0 Å². The van der Waals surface area contributed by atoms with Gasteiger partial charge in [-0.05, 0) is 37.3 Å². The fourth-order valence-corrected chi connectivity index (χ4v) is 2.68. The van der Waals surface area contributed by atoms with Crippen molar-refractivity contribution in [2.75, 3.05) is 10.2 Å². The lowest BCUT2D eigenvalue weighted by Crippen LogP contribution is -2.34. The summed E-state index contributed by atoms with van der Waals surface area (Å²) in [6.07, 6.45) is 0.138. The van der Waals surface area contributed by atoms with E-state index >= 15 is 0 Å². The van der Waals surface area contributed by atoms with Gasteiger partial charge < -0.3 is 5.32 Å². The smallest absolute Gasteiger partial charge is 0.256 e. The first-order valence-corrected chi connectivity index (χ1v) is 7.38. The van der Waals surface area contributed by atoms with E-state index in [1.165, 1.54) is 4.90 Å². The van der Waals surface area contributed by atoms with Crippen molar-refractivity contribution in [1.82, 2.24) is 0 Å². The normalized spacial score (nSPS) is 17.9. The molecular formula is C17H15ClN2O2. The van der Waals surface area contributed by atoms with Gasteiger partial charge in [0.25, 0.3) is 5.91 Å². The van der Waals surface area contributed by atoms with E-state index in [0.717, 1.165) is 11.3 Å². The number of nitrogens with zero attached hydrogens (tertiary/aromatic N) is 1. The third-order valence-electron chi connectivity index (χ3n) is 3.60. The third kappa shape index (κ3) is 2.83. The Morgan fingerprint density at radius 1 is 1.14 bits per heavy atom. The molecule has 3 rings (SSSR count). The molecule has 4 nitrogen and oxygen atoms in total. The molecule has 0 aromatic heterocycles. The van der Waals surface area contributed by atoms with E-state index in [4.69, 9.17) is 11.6 Å². The average molecular weight is 315 g/mol. The predicted octanol–water partition coefficient (Wildman–Crippen LogP) is 3.39. The molecule has 2 amide bonds. The van der Waals surface area contributed by atoms with Crippen molar-refractivity contribution in [3.8, 4) is 0 Å². The van der Waals surface area contributed by atoms with Gasteiger partial charge in [0.05, 0.1) is 12.1 Å². The summed E-state index contributed by atoms with van der Waals surface area (Å²) in [5, 5.41) is 3.66. The number of hydrogen-bond acceptors (Lipinski definition) is 3. The Hall–Kier alpha value is -2.33. The number of carbonyl (C=O) groups is 2. The van der Waals surface area contributed by atoms with Gasteiger partial charge >= 0.3 is 0 Å². The molecule has 112 valence electrons. The zero-order valence-electron chi connectivity index (χ0n) is 12.0. The zero-order chi connectivity index (χ0) is 15.7. The minimum atomic E-state index is -0.563. The van der Waals surface area contributed by atoms with Crippen LogP contribution in [0.1, 0.15) is 12.0 Å². The molecule has 0 spiro atoms. The number of imide groups is 1. The number of carbonyl (C=O) groups excluding carboxylic acids is 2. The van der Waals surface area contributed by atoms with Crippen LogP contribution in [0.15, 0.2) is 48.5 Å². The third-order valence-corrected chi connectivity index (χ3v) is 3.84. The summed E-state index contributed by atoms with van der Waals surface area (Å²) in [5.41, 5.74) is 2.41.